The third-order valence-electron chi connectivity index (χ3n) is 3.05. The van der Waals surface area contributed by atoms with E-state index in [4.69, 9.17) is 10.5 Å². The van der Waals surface area contributed by atoms with Gasteiger partial charge in [-0.3, -0.25) is 4.57 Å². The molecule has 0 bridgehead atoms. The number of halogens is 1. The topological polar surface area (TPSA) is 53.1 Å². The van der Waals surface area contributed by atoms with E-state index in [1.54, 1.807) is 0 Å². The Kier molecular flexibility index (Phi) is 3.52. The third kappa shape index (κ3) is 2.33. The second-order valence-corrected chi connectivity index (χ2v) is 5.61. The van der Waals surface area contributed by atoms with Crippen LogP contribution in [-0.2, 0) is 0 Å². The Morgan fingerprint density at radius 1 is 1.20 bits per heavy atom. The molecule has 0 spiro atoms. The van der Waals surface area contributed by atoms with Crippen LogP contribution in [0.3, 0.4) is 0 Å². The molecule has 2 aromatic carbocycles. The van der Waals surface area contributed by atoms with Gasteiger partial charge >= 0.3 is 0 Å². The second-order valence-electron chi connectivity index (χ2n) is 4.37. The van der Waals surface area contributed by atoms with Gasteiger partial charge in [0.05, 0.1) is 17.6 Å². The lowest BCUT2D eigenvalue weighted by Crippen LogP contribution is -2.00. The highest BCUT2D eigenvalue weighted by Crippen LogP contribution is 2.25. The number of nitrogens with zero attached hydrogens (tertiary/aromatic N) is 2. The van der Waals surface area contributed by atoms with Crippen LogP contribution in [0.15, 0.2) is 42.5 Å². The van der Waals surface area contributed by atoms with Crippen LogP contribution in [0.2, 0.25) is 0 Å². The molecule has 1 heterocycles. The largest absolute Gasteiger partial charge is 0.494 e. The number of hydrogen-bond donors (Lipinski definition) is 1. The molecule has 0 aliphatic heterocycles. The van der Waals surface area contributed by atoms with Crippen LogP contribution >= 0.6 is 22.6 Å². The summed E-state index contributed by atoms with van der Waals surface area (Å²) in [4.78, 5) is 4.41. The highest BCUT2D eigenvalue weighted by atomic mass is 127. The van der Waals surface area contributed by atoms with Crippen molar-refractivity contribution in [2.45, 2.75) is 6.92 Å². The molecular formula is C15H14IN3O. The van der Waals surface area contributed by atoms with E-state index in [2.05, 4.69) is 33.6 Å². The van der Waals surface area contributed by atoms with Gasteiger partial charge in [0.1, 0.15) is 5.75 Å². The van der Waals surface area contributed by atoms with Crippen LogP contribution in [0.1, 0.15) is 6.92 Å². The molecule has 0 aliphatic rings. The first kappa shape index (κ1) is 13.2. The number of ether oxygens (including phenoxy) is 1. The number of hydrogen-bond acceptors (Lipinski definition) is 3. The van der Waals surface area contributed by atoms with Crippen molar-refractivity contribution in [3.8, 4) is 11.4 Å². The molecule has 0 saturated heterocycles. The van der Waals surface area contributed by atoms with E-state index < -0.39 is 0 Å². The minimum atomic E-state index is 0.492. The Bertz CT molecular complexity index is 750. The first-order valence-corrected chi connectivity index (χ1v) is 7.43. The summed E-state index contributed by atoms with van der Waals surface area (Å²) in [7, 11) is 0. The maximum atomic E-state index is 6.05. The lowest BCUT2D eigenvalue weighted by atomic mass is 10.2. The zero-order valence-electron chi connectivity index (χ0n) is 11.0. The van der Waals surface area contributed by atoms with E-state index in [0.29, 0.717) is 12.6 Å². The quantitative estimate of drug-likeness (QED) is 0.708. The Morgan fingerprint density at radius 3 is 2.65 bits per heavy atom. The fourth-order valence-corrected chi connectivity index (χ4v) is 2.68. The molecule has 1 aromatic heterocycles. The van der Waals surface area contributed by atoms with Gasteiger partial charge in [-0.15, -0.1) is 0 Å². The van der Waals surface area contributed by atoms with Crippen LogP contribution in [-0.4, -0.2) is 16.2 Å². The van der Waals surface area contributed by atoms with Crippen molar-refractivity contribution in [1.82, 2.24) is 9.55 Å². The minimum Gasteiger partial charge on any atom is -0.494 e. The predicted molar refractivity (Wildman–Crippen MR) is 89.4 cm³/mol. The van der Waals surface area contributed by atoms with Crippen LogP contribution in [0, 0.1) is 3.57 Å². The number of benzene rings is 2. The van der Waals surface area contributed by atoms with Gasteiger partial charge in [-0.05, 0) is 72.0 Å². The monoisotopic (exact) mass is 379 g/mol. The number of aromatic nitrogens is 2. The molecule has 20 heavy (non-hydrogen) atoms. The summed E-state index contributed by atoms with van der Waals surface area (Å²) in [6.45, 7) is 2.63. The fourth-order valence-electron chi connectivity index (χ4n) is 2.20. The van der Waals surface area contributed by atoms with Crippen molar-refractivity contribution in [2.24, 2.45) is 0 Å². The summed E-state index contributed by atoms with van der Waals surface area (Å²) in [5.41, 5.74) is 8.94. The number of anilines is 1. The number of imidazole rings is 1. The SMILES string of the molecule is CCOc1ccc(-n2c(N)nc3cc(I)ccc32)cc1. The van der Waals surface area contributed by atoms with Crippen molar-refractivity contribution in [3.63, 3.8) is 0 Å². The Labute approximate surface area is 130 Å². The van der Waals surface area contributed by atoms with E-state index in [1.807, 2.05) is 47.9 Å². The normalized spacial score (nSPS) is 10.9. The zero-order valence-corrected chi connectivity index (χ0v) is 13.2. The molecule has 2 N–H and O–H groups in total. The molecular weight excluding hydrogens is 365 g/mol. The van der Waals surface area contributed by atoms with Gasteiger partial charge in [-0.2, -0.15) is 0 Å². The summed E-state index contributed by atoms with van der Waals surface area (Å²) in [5, 5.41) is 0. The number of nitrogens with two attached hydrogens (primary N) is 1. The summed E-state index contributed by atoms with van der Waals surface area (Å²) >= 11 is 2.27. The van der Waals surface area contributed by atoms with E-state index in [9.17, 15) is 0 Å². The highest BCUT2D eigenvalue weighted by molar-refractivity contribution is 14.1. The Balaban J connectivity index is 2.11. The fraction of sp³-hybridized carbons (Fsp3) is 0.133. The second kappa shape index (κ2) is 5.32. The first-order valence-electron chi connectivity index (χ1n) is 6.35. The van der Waals surface area contributed by atoms with Crippen molar-refractivity contribution >= 4 is 39.6 Å². The van der Waals surface area contributed by atoms with Gasteiger partial charge in [0.25, 0.3) is 0 Å². The molecule has 0 saturated carbocycles. The lowest BCUT2D eigenvalue weighted by Gasteiger charge is -2.08. The molecule has 4 nitrogen and oxygen atoms in total. The number of fused-ring (bicyclic) bond motifs is 1. The third-order valence-corrected chi connectivity index (χ3v) is 3.72. The predicted octanol–water partition coefficient (Wildman–Crippen LogP) is 3.61. The highest BCUT2D eigenvalue weighted by Gasteiger charge is 2.10. The van der Waals surface area contributed by atoms with Crippen LogP contribution in [0.5, 0.6) is 5.75 Å². The summed E-state index contributed by atoms with van der Waals surface area (Å²) in [5.74, 6) is 1.35. The van der Waals surface area contributed by atoms with Gasteiger partial charge in [0, 0.05) is 9.26 Å². The van der Waals surface area contributed by atoms with Gasteiger partial charge in [-0.25, -0.2) is 4.98 Å². The maximum Gasteiger partial charge on any atom is 0.205 e. The molecule has 0 fully saturated rings. The minimum absolute atomic E-state index is 0.492. The molecule has 5 heteroatoms. The van der Waals surface area contributed by atoms with E-state index in [1.165, 1.54) is 0 Å². The smallest absolute Gasteiger partial charge is 0.205 e. The Hall–Kier alpha value is -1.76. The van der Waals surface area contributed by atoms with Gasteiger partial charge < -0.3 is 10.5 Å². The lowest BCUT2D eigenvalue weighted by molar-refractivity contribution is 0.340. The average molecular weight is 379 g/mol. The standard InChI is InChI=1S/C15H14IN3O/c1-2-20-12-6-4-11(5-7-12)19-14-8-3-10(16)9-13(14)18-15(19)17/h3-9H,2H2,1H3,(H2,17,18). The Morgan fingerprint density at radius 2 is 1.95 bits per heavy atom. The molecule has 0 aliphatic carbocycles. The molecule has 3 aromatic rings. The van der Waals surface area contributed by atoms with Crippen LogP contribution < -0.4 is 10.5 Å². The number of rotatable bonds is 3. The van der Waals surface area contributed by atoms with Crippen molar-refractivity contribution in [3.05, 3.63) is 46.0 Å². The number of nitrogen functional groups attached to an aromatic ring is 1. The van der Waals surface area contributed by atoms with Crippen molar-refractivity contribution in [1.29, 1.82) is 0 Å². The summed E-state index contributed by atoms with van der Waals surface area (Å²) in [6, 6.07) is 14.0. The van der Waals surface area contributed by atoms with Gasteiger partial charge in [0.15, 0.2) is 0 Å². The maximum absolute atomic E-state index is 6.05. The van der Waals surface area contributed by atoms with E-state index >= 15 is 0 Å². The van der Waals surface area contributed by atoms with E-state index in [0.717, 1.165) is 26.0 Å². The van der Waals surface area contributed by atoms with Crippen LogP contribution in [0.25, 0.3) is 16.7 Å². The molecule has 3 rings (SSSR count). The molecule has 0 amide bonds. The van der Waals surface area contributed by atoms with Crippen molar-refractivity contribution in [2.75, 3.05) is 12.3 Å². The molecule has 0 unspecified atom stereocenters. The molecule has 0 radical (unpaired) electrons. The van der Waals surface area contributed by atoms with E-state index in [-0.39, 0.29) is 0 Å². The first-order chi connectivity index (χ1) is 9.69. The summed E-state index contributed by atoms with van der Waals surface area (Å²) in [6.07, 6.45) is 0. The average Bonchev–Trinajstić information content (AvgIpc) is 2.75. The molecule has 0 atom stereocenters. The molecule has 102 valence electrons. The van der Waals surface area contributed by atoms with Gasteiger partial charge in [0.2, 0.25) is 5.95 Å². The zero-order chi connectivity index (χ0) is 14.1. The van der Waals surface area contributed by atoms with Crippen molar-refractivity contribution < 1.29 is 4.74 Å². The van der Waals surface area contributed by atoms with Crippen LogP contribution in [0.4, 0.5) is 5.95 Å². The summed E-state index contributed by atoms with van der Waals surface area (Å²) < 4.78 is 8.54. The van der Waals surface area contributed by atoms with Gasteiger partial charge in [-0.1, -0.05) is 0 Å².